The number of hydrogen-bond donors (Lipinski definition) is 3. The summed E-state index contributed by atoms with van der Waals surface area (Å²) in [6.45, 7) is 5.16. The minimum absolute atomic E-state index is 0. The van der Waals surface area contributed by atoms with Crippen molar-refractivity contribution in [3.8, 4) is 0 Å². The average molecular weight is 474 g/mol. The zero-order valence-corrected chi connectivity index (χ0v) is 18.0. The Kier molecular flexibility index (Phi) is 9.93. The van der Waals surface area contributed by atoms with Crippen LogP contribution in [0.15, 0.2) is 29.3 Å². The molecule has 6 nitrogen and oxygen atoms in total. The van der Waals surface area contributed by atoms with Crippen molar-refractivity contribution in [2.75, 3.05) is 26.8 Å². The molecule has 0 aromatic heterocycles. The second kappa shape index (κ2) is 11.4. The third kappa shape index (κ3) is 6.75. The Morgan fingerprint density at radius 1 is 1.27 bits per heavy atom. The lowest BCUT2D eigenvalue weighted by atomic mass is 9.67. The van der Waals surface area contributed by atoms with Gasteiger partial charge in [0.25, 0.3) is 0 Å². The van der Waals surface area contributed by atoms with Crippen molar-refractivity contribution in [3.63, 3.8) is 0 Å². The number of halogens is 1. The molecule has 1 aromatic rings. The van der Waals surface area contributed by atoms with E-state index in [1.54, 1.807) is 19.2 Å². The topological polar surface area (TPSA) is 88.7 Å². The number of ether oxygens (including phenoxy) is 1. The van der Waals surface area contributed by atoms with Crippen LogP contribution in [0.4, 0.5) is 0 Å². The number of amides is 1. The van der Waals surface area contributed by atoms with Gasteiger partial charge in [0.1, 0.15) is 0 Å². The summed E-state index contributed by atoms with van der Waals surface area (Å²) in [7, 11) is 1.76. The second-order valence-electron chi connectivity index (χ2n) is 6.71. The molecule has 0 unspecified atom stereocenters. The van der Waals surface area contributed by atoms with Crippen LogP contribution in [0.3, 0.4) is 0 Å². The van der Waals surface area contributed by atoms with Crippen LogP contribution in [0.2, 0.25) is 0 Å². The number of primary amides is 1. The number of rotatable bonds is 9. The van der Waals surface area contributed by atoms with Crippen molar-refractivity contribution < 1.29 is 9.53 Å². The Labute approximate surface area is 173 Å². The second-order valence-corrected chi connectivity index (χ2v) is 6.71. The fourth-order valence-electron chi connectivity index (χ4n) is 3.07. The number of nitrogens with two attached hydrogens (primary N) is 1. The first-order valence-corrected chi connectivity index (χ1v) is 8.98. The summed E-state index contributed by atoms with van der Waals surface area (Å²) < 4.78 is 5.25. The Hall–Kier alpha value is -1.35. The quantitative estimate of drug-likeness (QED) is 0.292. The molecule has 1 aliphatic carbocycles. The molecular formula is C19H31IN4O2. The van der Waals surface area contributed by atoms with Crippen LogP contribution in [0.5, 0.6) is 0 Å². The van der Waals surface area contributed by atoms with Crippen LogP contribution >= 0.6 is 24.0 Å². The first kappa shape index (κ1) is 22.7. The summed E-state index contributed by atoms with van der Waals surface area (Å²) in [5, 5.41) is 6.77. The smallest absolute Gasteiger partial charge is 0.248 e. The number of benzene rings is 1. The SMILES string of the molecule is CCNC(=NCc1ccc(C(N)=O)cc1)NCC1(CCOC)CCC1.I. The minimum atomic E-state index is -0.410. The molecule has 0 bridgehead atoms. The van der Waals surface area contributed by atoms with Crippen LogP contribution in [0.1, 0.15) is 48.5 Å². The summed E-state index contributed by atoms with van der Waals surface area (Å²) in [6.07, 6.45) is 4.88. The largest absolute Gasteiger partial charge is 0.385 e. The maximum absolute atomic E-state index is 11.1. The molecule has 0 spiro atoms. The predicted molar refractivity (Wildman–Crippen MR) is 116 cm³/mol. The molecule has 0 heterocycles. The first-order chi connectivity index (χ1) is 12.1. The number of carbonyl (C=O) groups is 1. The van der Waals surface area contributed by atoms with E-state index in [1.807, 2.05) is 12.1 Å². The molecule has 0 saturated heterocycles. The van der Waals surface area contributed by atoms with E-state index in [0.29, 0.717) is 17.5 Å². The van der Waals surface area contributed by atoms with Crippen molar-refractivity contribution >= 4 is 35.8 Å². The highest BCUT2D eigenvalue weighted by molar-refractivity contribution is 14.0. The van der Waals surface area contributed by atoms with Gasteiger partial charge in [-0.3, -0.25) is 4.79 Å². The minimum Gasteiger partial charge on any atom is -0.385 e. The zero-order chi connectivity index (χ0) is 18.1. The Morgan fingerprint density at radius 3 is 2.46 bits per heavy atom. The monoisotopic (exact) mass is 474 g/mol. The summed E-state index contributed by atoms with van der Waals surface area (Å²) >= 11 is 0. The summed E-state index contributed by atoms with van der Waals surface area (Å²) in [6, 6.07) is 7.25. The highest BCUT2D eigenvalue weighted by Crippen LogP contribution is 2.43. The van der Waals surface area contributed by atoms with Gasteiger partial charge in [-0.2, -0.15) is 0 Å². The van der Waals surface area contributed by atoms with E-state index in [1.165, 1.54) is 19.3 Å². The van der Waals surface area contributed by atoms with Crippen molar-refractivity contribution in [2.24, 2.45) is 16.1 Å². The van der Waals surface area contributed by atoms with Crippen LogP contribution < -0.4 is 16.4 Å². The Bertz CT molecular complexity index is 586. The number of aliphatic imine (C=N–C) groups is 1. The molecule has 2 rings (SSSR count). The maximum Gasteiger partial charge on any atom is 0.248 e. The molecule has 7 heteroatoms. The van der Waals surface area contributed by atoms with Crippen molar-refractivity contribution in [2.45, 2.75) is 39.2 Å². The van der Waals surface area contributed by atoms with Gasteiger partial charge in [0.2, 0.25) is 5.91 Å². The van der Waals surface area contributed by atoms with E-state index in [2.05, 4.69) is 22.5 Å². The molecule has 1 aliphatic rings. The highest BCUT2D eigenvalue weighted by atomic mass is 127. The van der Waals surface area contributed by atoms with Gasteiger partial charge in [0.15, 0.2) is 5.96 Å². The van der Waals surface area contributed by atoms with Crippen molar-refractivity contribution in [1.82, 2.24) is 10.6 Å². The molecule has 1 aromatic carbocycles. The molecule has 0 atom stereocenters. The standard InChI is InChI=1S/C19H30N4O2.HI/c1-3-21-18(23-14-19(9-4-10-19)11-12-25-2)22-13-15-5-7-16(8-6-15)17(20)24;/h5-8H,3-4,9-14H2,1-2H3,(H2,20,24)(H2,21,22,23);1H. The van der Waals surface area contributed by atoms with Gasteiger partial charge >= 0.3 is 0 Å². The van der Waals surface area contributed by atoms with E-state index in [0.717, 1.165) is 37.6 Å². The summed E-state index contributed by atoms with van der Waals surface area (Å²) in [4.78, 5) is 15.8. The number of nitrogens with one attached hydrogen (secondary N) is 2. The average Bonchev–Trinajstić information content (AvgIpc) is 2.58. The molecule has 26 heavy (non-hydrogen) atoms. The van der Waals surface area contributed by atoms with Crippen LogP contribution in [-0.2, 0) is 11.3 Å². The molecule has 1 fully saturated rings. The summed E-state index contributed by atoms with van der Waals surface area (Å²) in [5.41, 5.74) is 7.16. The summed E-state index contributed by atoms with van der Waals surface area (Å²) in [5.74, 6) is 0.414. The van der Waals surface area contributed by atoms with E-state index in [4.69, 9.17) is 10.5 Å². The molecule has 1 amide bonds. The van der Waals surface area contributed by atoms with E-state index in [9.17, 15) is 4.79 Å². The highest BCUT2D eigenvalue weighted by Gasteiger charge is 2.36. The number of nitrogens with zero attached hydrogens (tertiary/aromatic N) is 1. The molecule has 0 aliphatic heterocycles. The third-order valence-electron chi connectivity index (χ3n) is 4.88. The van der Waals surface area contributed by atoms with Gasteiger partial charge in [-0.25, -0.2) is 4.99 Å². The lowest BCUT2D eigenvalue weighted by molar-refractivity contribution is 0.0732. The number of hydrogen-bond acceptors (Lipinski definition) is 3. The maximum atomic E-state index is 11.1. The fraction of sp³-hybridized carbons (Fsp3) is 0.579. The van der Waals surface area contributed by atoms with Crippen molar-refractivity contribution in [3.05, 3.63) is 35.4 Å². The predicted octanol–water partition coefficient (Wildman–Crippen LogP) is 2.67. The normalized spacial score (nSPS) is 15.5. The van der Waals surface area contributed by atoms with Crippen molar-refractivity contribution in [1.29, 1.82) is 0 Å². The van der Waals surface area contributed by atoms with E-state index >= 15 is 0 Å². The van der Waals surface area contributed by atoms with Crippen LogP contribution in [0, 0.1) is 5.41 Å². The Balaban J connectivity index is 0.00000338. The number of guanidine groups is 1. The first-order valence-electron chi connectivity index (χ1n) is 8.98. The molecular weight excluding hydrogens is 443 g/mol. The van der Waals surface area contributed by atoms with Gasteiger partial charge < -0.3 is 21.1 Å². The van der Waals surface area contributed by atoms with Gasteiger partial charge in [-0.05, 0) is 49.3 Å². The van der Waals surface area contributed by atoms with Crippen LogP contribution in [-0.4, -0.2) is 38.7 Å². The molecule has 4 N–H and O–H groups in total. The van der Waals surface area contributed by atoms with Crippen LogP contribution in [0.25, 0.3) is 0 Å². The van der Waals surface area contributed by atoms with Gasteiger partial charge in [0.05, 0.1) is 6.54 Å². The Morgan fingerprint density at radius 2 is 1.96 bits per heavy atom. The molecule has 0 radical (unpaired) electrons. The number of carbonyl (C=O) groups excluding carboxylic acids is 1. The molecule has 146 valence electrons. The fourth-order valence-corrected chi connectivity index (χ4v) is 3.07. The van der Waals surface area contributed by atoms with Gasteiger partial charge in [0, 0.05) is 32.4 Å². The third-order valence-corrected chi connectivity index (χ3v) is 4.88. The van der Waals surface area contributed by atoms with E-state index in [-0.39, 0.29) is 24.0 Å². The van der Waals surface area contributed by atoms with Gasteiger partial charge in [-0.1, -0.05) is 18.6 Å². The lowest BCUT2D eigenvalue weighted by Gasteiger charge is -2.42. The number of methoxy groups -OCH3 is 1. The van der Waals surface area contributed by atoms with Gasteiger partial charge in [-0.15, -0.1) is 24.0 Å². The zero-order valence-electron chi connectivity index (χ0n) is 15.7. The van der Waals surface area contributed by atoms with E-state index < -0.39 is 5.91 Å². The molecule has 1 saturated carbocycles. The lowest BCUT2D eigenvalue weighted by Crippen LogP contribution is -2.46.